The summed E-state index contributed by atoms with van der Waals surface area (Å²) in [5.41, 5.74) is 1.25. The Morgan fingerprint density at radius 1 is 1.25 bits per heavy atom. The molecule has 1 N–H and O–H groups in total. The van der Waals surface area contributed by atoms with Gasteiger partial charge >= 0.3 is 0 Å². The van der Waals surface area contributed by atoms with Gasteiger partial charge in [-0.05, 0) is 19.9 Å². The van der Waals surface area contributed by atoms with Gasteiger partial charge in [0.25, 0.3) is 0 Å². The molecule has 0 saturated carbocycles. The highest BCUT2D eigenvalue weighted by Gasteiger charge is 1.66. The average molecular weight is 109 g/mol. The molecule has 0 aliphatic carbocycles. The molecular formula is C7H11N. The lowest BCUT2D eigenvalue weighted by Gasteiger charge is -1.78. The normalized spacial score (nSPS) is 9.25. The van der Waals surface area contributed by atoms with Gasteiger partial charge in [-0.2, -0.15) is 0 Å². The summed E-state index contributed by atoms with van der Waals surface area (Å²) in [5.74, 6) is 0. The van der Waals surface area contributed by atoms with Crippen LogP contribution in [-0.2, 0) is 0 Å². The molecule has 0 aliphatic heterocycles. The van der Waals surface area contributed by atoms with E-state index in [0.29, 0.717) is 0 Å². The second-order valence-corrected chi connectivity index (χ2v) is 1.80. The molecule has 1 heteroatoms. The lowest BCUT2D eigenvalue weighted by molar-refractivity contribution is 1.39. The number of nitrogens with one attached hydrogen (secondary N) is 1. The highest BCUT2D eigenvalue weighted by Crippen LogP contribution is 1.86. The standard InChI is InChI=1S/C7H11N/c1-7(2)5-3-4-6-8/h3-6,8H,1-2H3. The van der Waals surface area contributed by atoms with Crippen LogP contribution in [-0.4, -0.2) is 6.21 Å². The number of rotatable bonds is 2. The summed E-state index contributed by atoms with van der Waals surface area (Å²) in [4.78, 5) is 0. The maximum Gasteiger partial charge on any atom is 0.0177 e. The van der Waals surface area contributed by atoms with Crippen molar-refractivity contribution in [3.05, 3.63) is 23.8 Å². The lowest BCUT2D eigenvalue weighted by atomic mass is 10.3. The fraction of sp³-hybridized carbons (Fsp3) is 0.286. The summed E-state index contributed by atoms with van der Waals surface area (Å²) in [7, 11) is 0. The smallest absolute Gasteiger partial charge is 0.0177 e. The van der Waals surface area contributed by atoms with E-state index >= 15 is 0 Å². The molecule has 0 rings (SSSR count). The zero-order valence-corrected chi connectivity index (χ0v) is 5.31. The summed E-state index contributed by atoms with van der Waals surface area (Å²) in [6.45, 7) is 4.04. The van der Waals surface area contributed by atoms with Gasteiger partial charge in [-0.15, -0.1) is 0 Å². The molecule has 8 heavy (non-hydrogen) atoms. The van der Waals surface area contributed by atoms with Crippen LogP contribution >= 0.6 is 0 Å². The maximum atomic E-state index is 6.61. The fourth-order valence-corrected chi connectivity index (χ4v) is 0.304. The quantitative estimate of drug-likeness (QED) is 0.415. The van der Waals surface area contributed by atoms with E-state index in [9.17, 15) is 0 Å². The van der Waals surface area contributed by atoms with Gasteiger partial charge in [0.1, 0.15) is 0 Å². The molecule has 0 atom stereocenters. The first-order valence-corrected chi connectivity index (χ1v) is 2.58. The van der Waals surface area contributed by atoms with E-state index in [1.165, 1.54) is 11.8 Å². The van der Waals surface area contributed by atoms with E-state index in [0.717, 1.165) is 0 Å². The summed E-state index contributed by atoms with van der Waals surface area (Å²) in [6.07, 6.45) is 6.76. The Morgan fingerprint density at radius 2 is 1.88 bits per heavy atom. The van der Waals surface area contributed by atoms with Crippen LogP contribution in [0.3, 0.4) is 0 Å². The monoisotopic (exact) mass is 109 g/mol. The van der Waals surface area contributed by atoms with Crippen molar-refractivity contribution in [3.8, 4) is 0 Å². The molecule has 0 unspecified atom stereocenters. The number of hydrogen-bond acceptors (Lipinski definition) is 1. The van der Waals surface area contributed by atoms with Gasteiger partial charge in [-0.1, -0.05) is 17.7 Å². The van der Waals surface area contributed by atoms with Crippen molar-refractivity contribution in [2.24, 2.45) is 0 Å². The number of hydrogen-bond donors (Lipinski definition) is 1. The molecule has 0 fully saturated rings. The molecule has 0 aliphatic rings. The van der Waals surface area contributed by atoms with Crippen molar-refractivity contribution < 1.29 is 0 Å². The van der Waals surface area contributed by atoms with Crippen molar-refractivity contribution in [1.29, 1.82) is 5.41 Å². The first kappa shape index (κ1) is 7.15. The summed E-state index contributed by atoms with van der Waals surface area (Å²) in [6, 6.07) is 0. The topological polar surface area (TPSA) is 23.9 Å². The lowest BCUT2D eigenvalue weighted by Crippen LogP contribution is -1.59. The molecular weight excluding hydrogens is 98.1 g/mol. The molecule has 0 aromatic carbocycles. The Bertz CT molecular complexity index is 116. The van der Waals surface area contributed by atoms with E-state index in [1.807, 2.05) is 26.0 Å². The SMILES string of the molecule is CC(C)=CC=CC=N. The van der Waals surface area contributed by atoms with Gasteiger partial charge in [0.05, 0.1) is 0 Å². The third-order valence-corrected chi connectivity index (χ3v) is 0.637. The summed E-state index contributed by atoms with van der Waals surface area (Å²) < 4.78 is 0. The highest BCUT2D eigenvalue weighted by atomic mass is 14.3. The van der Waals surface area contributed by atoms with Gasteiger partial charge < -0.3 is 5.41 Å². The first-order chi connectivity index (χ1) is 3.77. The van der Waals surface area contributed by atoms with Crippen LogP contribution in [0.2, 0.25) is 0 Å². The van der Waals surface area contributed by atoms with E-state index in [2.05, 4.69) is 0 Å². The van der Waals surface area contributed by atoms with Crippen LogP contribution in [0.4, 0.5) is 0 Å². The van der Waals surface area contributed by atoms with Gasteiger partial charge in [-0.25, -0.2) is 0 Å². The van der Waals surface area contributed by atoms with Gasteiger partial charge in [-0.3, -0.25) is 0 Å². The third-order valence-electron chi connectivity index (χ3n) is 0.637. The molecule has 0 saturated heterocycles. The van der Waals surface area contributed by atoms with E-state index in [1.54, 1.807) is 6.08 Å². The summed E-state index contributed by atoms with van der Waals surface area (Å²) in [5, 5.41) is 6.61. The molecule has 0 aromatic rings. The molecule has 0 aromatic heterocycles. The van der Waals surface area contributed by atoms with Crippen LogP contribution in [0.25, 0.3) is 0 Å². The Labute approximate surface area is 50.2 Å². The minimum atomic E-state index is 1.25. The minimum absolute atomic E-state index is 1.25. The molecule has 0 amide bonds. The Kier molecular flexibility index (Phi) is 3.85. The van der Waals surface area contributed by atoms with Crippen molar-refractivity contribution >= 4 is 6.21 Å². The second kappa shape index (κ2) is 4.31. The van der Waals surface area contributed by atoms with Crippen molar-refractivity contribution in [1.82, 2.24) is 0 Å². The van der Waals surface area contributed by atoms with Crippen LogP contribution in [0.1, 0.15) is 13.8 Å². The van der Waals surface area contributed by atoms with Crippen LogP contribution < -0.4 is 0 Å². The van der Waals surface area contributed by atoms with E-state index in [-0.39, 0.29) is 0 Å². The zero-order chi connectivity index (χ0) is 6.41. The Hall–Kier alpha value is -0.850. The largest absolute Gasteiger partial charge is 0.309 e. The maximum absolute atomic E-state index is 6.61. The third kappa shape index (κ3) is 5.15. The van der Waals surface area contributed by atoms with Crippen LogP contribution in [0.15, 0.2) is 23.8 Å². The molecule has 0 spiro atoms. The molecule has 0 bridgehead atoms. The Morgan fingerprint density at radius 3 is 2.25 bits per heavy atom. The van der Waals surface area contributed by atoms with Crippen LogP contribution in [0, 0.1) is 5.41 Å². The molecule has 1 nitrogen and oxygen atoms in total. The molecule has 0 radical (unpaired) electrons. The molecule has 0 heterocycles. The summed E-state index contributed by atoms with van der Waals surface area (Å²) >= 11 is 0. The minimum Gasteiger partial charge on any atom is -0.309 e. The van der Waals surface area contributed by atoms with Gasteiger partial charge in [0.2, 0.25) is 0 Å². The van der Waals surface area contributed by atoms with E-state index in [4.69, 9.17) is 5.41 Å². The predicted octanol–water partition coefficient (Wildman–Crippen LogP) is 2.16. The van der Waals surface area contributed by atoms with Crippen molar-refractivity contribution in [2.45, 2.75) is 13.8 Å². The predicted molar refractivity (Wildman–Crippen MR) is 37.4 cm³/mol. The van der Waals surface area contributed by atoms with E-state index < -0.39 is 0 Å². The van der Waals surface area contributed by atoms with Crippen molar-refractivity contribution in [2.75, 3.05) is 0 Å². The zero-order valence-electron chi connectivity index (χ0n) is 5.31. The fourth-order valence-electron chi connectivity index (χ4n) is 0.304. The van der Waals surface area contributed by atoms with Gasteiger partial charge in [0.15, 0.2) is 0 Å². The van der Waals surface area contributed by atoms with Crippen molar-refractivity contribution in [3.63, 3.8) is 0 Å². The first-order valence-electron chi connectivity index (χ1n) is 2.58. The van der Waals surface area contributed by atoms with Gasteiger partial charge in [0, 0.05) is 6.21 Å². The second-order valence-electron chi connectivity index (χ2n) is 1.80. The molecule has 44 valence electrons. The number of allylic oxidation sites excluding steroid dienone is 4. The average Bonchev–Trinajstić information content (AvgIpc) is 1.66. The highest BCUT2D eigenvalue weighted by molar-refractivity contribution is 5.68. The Balaban J connectivity index is 3.57. The van der Waals surface area contributed by atoms with Crippen LogP contribution in [0.5, 0.6) is 0 Å².